The normalized spacial score (nSPS) is 20.4. The van der Waals surface area contributed by atoms with Crippen molar-refractivity contribution in [2.24, 2.45) is 5.10 Å². The van der Waals surface area contributed by atoms with Gasteiger partial charge in [-0.1, -0.05) is 22.4 Å². The molecule has 1 unspecified atom stereocenters. The standard InChI is InChI=1S/C22H23N5O3S2/c1-30-20-9-7-16(8-10-20)21-17(14-27(26-21)19-5-3-2-4-6-19)13-23-25-22(31)24-18-11-12-32(28,29)15-18/h2-10,13-14,18H,11-12,15H2,1H3,(H2-,24,25,28,29,31)/p+1/b23-13-/t18-/m0/s1. The molecular weight excluding hydrogens is 446 g/mol. The molecule has 2 aromatic carbocycles. The topological polar surface area (TPSA) is 101 Å². The van der Waals surface area contributed by atoms with E-state index in [1.165, 1.54) is 0 Å². The summed E-state index contributed by atoms with van der Waals surface area (Å²) in [5.74, 6) is 1.26. The van der Waals surface area contributed by atoms with Crippen LogP contribution in [0.3, 0.4) is 0 Å². The minimum absolute atomic E-state index is 0.126. The predicted molar refractivity (Wildman–Crippen MR) is 131 cm³/mol. The Balaban J connectivity index is 1.52. The van der Waals surface area contributed by atoms with E-state index < -0.39 is 10.2 Å². The van der Waals surface area contributed by atoms with Gasteiger partial charge in [-0.15, -0.1) is 0 Å². The zero-order valence-corrected chi connectivity index (χ0v) is 19.1. The summed E-state index contributed by atoms with van der Waals surface area (Å²) in [5.41, 5.74) is 6.20. The summed E-state index contributed by atoms with van der Waals surface area (Å²) in [7, 11) is -1.10. The molecule has 32 heavy (non-hydrogen) atoms. The van der Waals surface area contributed by atoms with Crippen molar-refractivity contribution in [2.45, 2.75) is 12.5 Å². The third-order valence-electron chi connectivity index (χ3n) is 5.08. The minimum Gasteiger partial charge on any atom is -0.497 e. The van der Waals surface area contributed by atoms with Crippen LogP contribution >= 0.6 is 12.2 Å². The third kappa shape index (κ3) is 5.39. The Morgan fingerprint density at radius 2 is 2.03 bits per heavy atom. The van der Waals surface area contributed by atoms with Crippen LogP contribution in [0.15, 0.2) is 65.9 Å². The average Bonchev–Trinajstić information content (AvgIpc) is 3.37. The lowest BCUT2D eigenvalue weighted by Gasteiger charge is -2.10. The molecule has 3 aromatic rings. The van der Waals surface area contributed by atoms with Gasteiger partial charge in [-0.3, -0.25) is 5.43 Å². The first kappa shape index (κ1) is 22.1. The number of aromatic nitrogens is 2. The SMILES string of the molecule is COc1ccc(-c2nn(-c3ccccc3)cc2/C=N\NC(=S)N[C@H]2CC[S+](=O)(O)C2)cc1. The number of hydrazone groups is 1. The highest BCUT2D eigenvalue weighted by atomic mass is 32.3. The van der Waals surface area contributed by atoms with Gasteiger partial charge >= 0.3 is 0 Å². The van der Waals surface area contributed by atoms with Crippen LogP contribution < -0.4 is 15.5 Å². The van der Waals surface area contributed by atoms with Crippen molar-refractivity contribution in [3.8, 4) is 22.7 Å². The average molecular weight is 471 g/mol. The van der Waals surface area contributed by atoms with Gasteiger partial charge in [0.2, 0.25) is 10.2 Å². The Kier molecular flexibility index (Phi) is 6.63. The number of benzene rings is 2. The fourth-order valence-corrected chi connectivity index (χ4v) is 5.38. The molecular formula is C22H24N5O3S2+. The van der Waals surface area contributed by atoms with Crippen molar-refractivity contribution >= 4 is 33.8 Å². The summed E-state index contributed by atoms with van der Waals surface area (Å²) < 4.78 is 28.4. The minimum atomic E-state index is -2.73. The molecule has 0 saturated carbocycles. The first-order valence-electron chi connectivity index (χ1n) is 10.0. The van der Waals surface area contributed by atoms with E-state index in [0.29, 0.717) is 17.3 Å². The molecule has 0 bridgehead atoms. The van der Waals surface area contributed by atoms with E-state index in [-0.39, 0.29) is 11.8 Å². The second kappa shape index (κ2) is 9.60. The number of nitrogens with zero attached hydrogens (tertiary/aromatic N) is 3. The van der Waals surface area contributed by atoms with Gasteiger partial charge < -0.3 is 10.1 Å². The molecule has 0 aliphatic carbocycles. The lowest BCUT2D eigenvalue weighted by Crippen LogP contribution is -2.40. The van der Waals surface area contributed by atoms with Crippen LogP contribution in [-0.2, 0) is 14.4 Å². The zero-order valence-electron chi connectivity index (χ0n) is 17.5. The van der Waals surface area contributed by atoms with Gasteiger partial charge in [-0.05, 0) is 48.6 Å². The molecule has 1 saturated heterocycles. The molecule has 4 rings (SSSR count). The molecule has 8 nitrogen and oxygen atoms in total. The maximum atomic E-state index is 11.7. The molecule has 2 atom stereocenters. The van der Waals surface area contributed by atoms with E-state index in [1.807, 2.05) is 60.8 Å². The van der Waals surface area contributed by atoms with Crippen LogP contribution in [0, 0.1) is 0 Å². The van der Waals surface area contributed by atoms with Gasteiger partial charge in [0.05, 0.1) is 25.1 Å². The molecule has 1 aliphatic rings. The number of para-hydroxylation sites is 1. The molecule has 1 fully saturated rings. The van der Waals surface area contributed by atoms with Crippen molar-refractivity contribution in [1.82, 2.24) is 20.5 Å². The van der Waals surface area contributed by atoms with Crippen LogP contribution in [0.4, 0.5) is 0 Å². The summed E-state index contributed by atoms with van der Waals surface area (Å²) in [5, 5.41) is 12.4. The first-order valence-corrected chi connectivity index (χ1v) is 12.3. The summed E-state index contributed by atoms with van der Waals surface area (Å²) in [6, 6.07) is 17.4. The third-order valence-corrected chi connectivity index (χ3v) is 7.08. The van der Waals surface area contributed by atoms with Gasteiger partial charge in [0.15, 0.2) is 10.9 Å². The lowest BCUT2D eigenvalue weighted by molar-refractivity contribution is 0.415. The van der Waals surface area contributed by atoms with Gasteiger partial charge in [0, 0.05) is 23.7 Å². The number of hydrogen-bond acceptors (Lipinski definition) is 5. The zero-order chi connectivity index (χ0) is 22.6. The van der Waals surface area contributed by atoms with Gasteiger partial charge in [0.1, 0.15) is 17.2 Å². The number of methoxy groups -OCH3 is 1. The number of rotatable bonds is 6. The Morgan fingerprint density at radius 1 is 1.28 bits per heavy atom. The van der Waals surface area contributed by atoms with E-state index in [0.717, 1.165) is 28.3 Å². The number of thiocarbonyl (C=S) groups is 1. The van der Waals surface area contributed by atoms with Crippen LogP contribution in [-0.4, -0.2) is 50.3 Å². The van der Waals surface area contributed by atoms with Crippen LogP contribution in [0.2, 0.25) is 0 Å². The second-order valence-electron chi connectivity index (χ2n) is 7.41. The smallest absolute Gasteiger partial charge is 0.216 e. The fourth-order valence-electron chi connectivity index (χ4n) is 3.47. The molecule has 2 heterocycles. The van der Waals surface area contributed by atoms with Gasteiger partial charge in [0.25, 0.3) is 0 Å². The number of hydrogen-bond donors (Lipinski definition) is 3. The van der Waals surface area contributed by atoms with E-state index in [9.17, 15) is 8.76 Å². The van der Waals surface area contributed by atoms with Crippen molar-refractivity contribution in [3.63, 3.8) is 0 Å². The Morgan fingerprint density at radius 3 is 2.69 bits per heavy atom. The lowest BCUT2D eigenvalue weighted by atomic mass is 10.1. The second-order valence-corrected chi connectivity index (χ2v) is 10.1. The maximum Gasteiger partial charge on any atom is 0.216 e. The van der Waals surface area contributed by atoms with Crippen molar-refractivity contribution in [1.29, 1.82) is 0 Å². The number of nitrogens with one attached hydrogen (secondary N) is 2. The van der Waals surface area contributed by atoms with Crippen LogP contribution in [0.25, 0.3) is 16.9 Å². The highest BCUT2D eigenvalue weighted by molar-refractivity contribution is 7.98. The van der Waals surface area contributed by atoms with E-state index in [4.69, 9.17) is 22.1 Å². The Hall–Kier alpha value is -3.08. The monoisotopic (exact) mass is 470 g/mol. The van der Waals surface area contributed by atoms with Crippen molar-refractivity contribution in [2.75, 3.05) is 18.6 Å². The molecule has 3 N–H and O–H groups in total. The molecule has 0 radical (unpaired) electrons. The molecule has 1 aromatic heterocycles. The summed E-state index contributed by atoms with van der Waals surface area (Å²) in [4.78, 5) is 0. The highest BCUT2D eigenvalue weighted by Gasteiger charge is 2.38. The highest BCUT2D eigenvalue weighted by Crippen LogP contribution is 2.25. The maximum absolute atomic E-state index is 11.7. The van der Waals surface area contributed by atoms with Gasteiger partial charge in [-0.25, -0.2) is 4.68 Å². The fraction of sp³-hybridized carbons (Fsp3) is 0.227. The summed E-state index contributed by atoms with van der Waals surface area (Å²) in [6.45, 7) is 0. The van der Waals surface area contributed by atoms with Crippen LogP contribution in [0.1, 0.15) is 12.0 Å². The summed E-state index contributed by atoms with van der Waals surface area (Å²) >= 11 is 5.27. The van der Waals surface area contributed by atoms with E-state index >= 15 is 0 Å². The van der Waals surface area contributed by atoms with E-state index in [1.54, 1.807) is 18.0 Å². The first-order chi connectivity index (χ1) is 15.4. The van der Waals surface area contributed by atoms with Crippen molar-refractivity contribution < 1.29 is 13.5 Å². The van der Waals surface area contributed by atoms with Gasteiger partial charge in [-0.2, -0.15) is 14.8 Å². The molecule has 166 valence electrons. The van der Waals surface area contributed by atoms with Crippen molar-refractivity contribution in [3.05, 3.63) is 66.4 Å². The Labute approximate surface area is 192 Å². The Bertz CT molecular complexity index is 1160. The predicted octanol–water partition coefficient (Wildman–Crippen LogP) is 3.09. The number of ether oxygens (including phenoxy) is 1. The summed E-state index contributed by atoms with van der Waals surface area (Å²) in [6.07, 6.45) is 4.16. The van der Waals surface area contributed by atoms with E-state index in [2.05, 4.69) is 15.8 Å². The molecule has 0 amide bonds. The largest absolute Gasteiger partial charge is 0.497 e. The molecule has 10 heteroatoms. The molecule has 1 aliphatic heterocycles. The quantitative estimate of drug-likeness (QED) is 0.220. The van der Waals surface area contributed by atoms with Crippen LogP contribution in [0.5, 0.6) is 5.75 Å². The molecule has 0 spiro atoms.